The normalized spacial score (nSPS) is 12.1. The van der Waals surface area contributed by atoms with Crippen LogP contribution in [0, 0.1) is 11.3 Å². The lowest BCUT2D eigenvalue weighted by Gasteiger charge is -2.14. The summed E-state index contributed by atoms with van der Waals surface area (Å²) in [6.45, 7) is 1.83. The van der Waals surface area contributed by atoms with E-state index in [9.17, 15) is 4.79 Å². The predicted octanol–water partition coefficient (Wildman–Crippen LogP) is 1.51. The van der Waals surface area contributed by atoms with Crippen molar-refractivity contribution in [2.45, 2.75) is 13.0 Å². The van der Waals surface area contributed by atoms with Gasteiger partial charge in [0.15, 0.2) is 0 Å². The SMILES string of the molecule is COc1ccc(C(C)NC(=O)/C(C#N)=C\Nc2ncn[nH]2)cc1. The third-order valence-electron chi connectivity index (χ3n) is 3.10. The minimum atomic E-state index is -0.483. The molecule has 0 bridgehead atoms. The highest BCUT2D eigenvalue weighted by molar-refractivity contribution is 5.97. The zero-order valence-electron chi connectivity index (χ0n) is 12.7. The second-order valence-electron chi connectivity index (χ2n) is 4.62. The summed E-state index contributed by atoms with van der Waals surface area (Å²) in [5.74, 6) is 0.595. The van der Waals surface area contributed by atoms with Gasteiger partial charge in [0.25, 0.3) is 5.91 Å². The third-order valence-corrected chi connectivity index (χ3v) is 3.10. The Morgan fingerprint density at radius 2 is 2.17 bits per heavy atom. The van der Waals surface area contributed by atoms with Gasteiger partial charge in [-0.15, -0.1) is 0 Å². The molecule has 1 amide bonds. The summed E-state index contributed by atoms with van der Waals surface area (Å²) in [4.78, 5) is 16.0. The maximum absolute atomic E-state index is 12.1. The van der Waals surface area contributed by atoms with Gasteiger partial charge < -0.3 is 15.4 Å². The molecule has 1 unspecified atom stereocenters. The maximum Gasteiger partial charge on any atom is 0.263 e. The van der Waals surface area contributed by atoms with Gasteiger partial charge in [-0.1, -0.05) is 12.1 Å². The molecule has 8 nitrogen and oxygen atoms in total. The Hall–Kier alpha value is -3.34. The molecule has 0 saturated carbocycles. The standard InChI is InChI=1S/C15H16N6O2/c1-10(11-3-5-13(23-2)6-4-11)20-14(22)12(7-16)8-17-15-18-9-19-21-15/h3-6,8-10H,1-2H3,(H,20,22)(H2,17,18,19,21)/b12-8-. The van der Waals surface area contributed by atoms with Crippen LogP contribution < -0.4 is 15.4 Å². The van der Waals surface area contributed by atoms with E-state index < -0.39 is 5.91 Å². The number of ether oxygens (including phenoxy) is 1. The van der Waals surface area contributed by atoms with Crippen LogP contribution in [0.25, 0.3) is 0 Å². The van der Waals surface area contributed by atoms with E-state index in [1.807, 2.05) is 37.3 Å². The van der Waals surface area contributed by atoms with E-state index >= 15 is 0 Å². The molecule has 1 heterocycles. The van der Waals surface area contributed by atoms with Crippen LogP contribution in [0.2, 0.25) is 0 Å². The van der Waals surface area contributed by atoms with Crippen LogP contribution in [0.5, 0.6) is 5.75 Å². The van der Waals surface area contributed by atoms with Crippen LogP contribution in [0.15, 0.2) is 42.4 Å². The van der Waals surface area contributed by atoms with E-state index in [2.05, 4.69) is 25.8 Å². The first-order valence-electron chi connectivity index (χ1n) is 6.81. The van der Waals surface area contributed by atoms with E-state index in [0.717, 1.165) is 11.3 Å². The van der Waals surface area contributed by atoms with E-state index in [1.54, 1.807) is 7.11 Å². The molecule has 118 valence electrons. The van der Waals surface area contributed by atoms with Gasteiger partial charge in [-0.3, -0.25) is 4.79 Å². The topological polar surface area (TPSA) is 116 Å². The van der Waals surface area contributed by atoms with E-state index in [0.29, 0.717) is 5.95 Å². The van der Waals surface area contributed by atoms with Crippen molar-refractivity contribution in [2.24, 2.45) is 0 Å². The fourth-order valence-electron chi connectivity index (χ4n) is 1.81. The quantitative estimate of drug-likeness (QED) is 0.550. The number of hydrogen-bond acceptors (Lipinski definition) is 6. The van der Waals surface area contributed by atoms with Crippen molar-refractivity contribution in [3.8, 4) is 11.8 Å². The second kappa shape index (κ2) is 7.61. The Labute approximate surface area is 133 Å². The molecule has 3 N–H and O–H groups in total. The maximum atomic E-state index is 12.1. The van der Waals surface area contributed by atoms with Crippen LogP contribution in [-0.4, -0.2) is 28.2 Å². The zero-order chi connectivity index (χ0) is 16.7. The summed E-state index contributed by atoms with van der Waals surface area (Å²) in [5, 5.41) is 20.8. The van der Waals surface area contributed by atoms with Crippen LogP contribution in [0.3, 0.4) is 0 Å². The Kier molecular flexibility index (Phi) is 5.30. The first-order valence-corrected chi connectivity index (χ1v) is 6.81. The lowest BCUT2D eigenvalue weighted by Crippen LogP contribution is -2.28. The summed E-state index contributed by atoms with van der Waals surface area (Å²) >= 11 is 0. The molecular formula is C15H16N6O2. The molecule has 0 aliphatic rings. The first-order chi connectivity index (χ1) is 11.1. The molecule has 0 spiro atoms. The molecule has 23 heavy (non-hydrogen) atoms. The largest absolute Gasteiger partial charge is 0.497 e. The van der Waals surface area contributed by atoms with Gasteiger partial charge in [0.05, 0.1) is 13.2 Å². The summed E-state index contributed by atoms with van der Waals surface area (Å²) in [5.41, 5.74) is 0.835. The molecule has 0 fully saturated rings. The molecule has 2 aromatic rings. The van der Waals surface area contributed by atoms with Crippen molar-refractivity contribution in [1.29, 1.82) is 5.26 Å². The third kappa shape index (κ3) is 4.31. The van der Waals surface area contributed by atoms with E-state index in [4.69, 9.17) is 10.00 Å². The smallest absolute Gasteiger partial charge is 0.263 e. The summed E-state index contributed by atoms with van der Waals surface area (Å²) in [7, 11) is 1.59. The Bertz CT molecular complexity index is 715. The minimum absolute atomic E-state index is 0.0678. The van der Waals surface area contributed by atoms with Gasteiger partial charge in [0.1, 0.15) is 23.7 Å². The summed E-state index contributed by atoms with van der Waals surface area (Å²) in [6.07, 6.45) is 2.59. The number of hydrogen-bond donors (Lipinski definition) is 3. The van der Waals surface area contributed by atoms with Gasteiger partial charge >= 0.3 is 0 Å². The number of aromatic amines is 1. The number of anilines is 1. The Morgan fingerprint density at radius 3 is 2.74 bits per heavy atom. The lowest BCUT2D eigenvalue weighted by molar-refractivity contribution is -0.117. The molecule has 1 aromatic carbocycles. The minimum Gasteiger partial charge on any atom is -0.497 e. The molecular weight excluding hydrogens is 296 g/mol. The van der Waals surface area contributed by atoms with E-state index in [1.165, 1.54) is 12.5 Å². The number of aromatic nitrogens is 3. The fourth-order valence-corrected chi connectivity index (χ4v) is 1.81. The molecule has 0 saturated heterocycles. The molecule has 0 aliphatic heterocycles. The van der Waals surface area contributed by atoms with Gasteiger partial charge in [-0.2, -0.15) is 15.3 Å². The van der Waals surface area contributed by atoms with Crippen molar-refractivity contribution in [3.63, 3.8) is 0 Å². The monoisotopic (exact) mass is 312 g/mol. The Morgan fingerprint density at radius 1 is 1.43 bits per heavy atom. The molecule has 1 aromatic heterocycles. The number of amides is 1. The van der Waals surface area contributed by atoms with Crippen LogP contribution in [0.1, 0.15) is 18.5 Å². The van der Waals surface area contributed by atoms with Gasteiger partial charge in [-0.25, -0.2) is 5.10 Å². The zero-order valence-corrected chi connectivity index (χ0v) is 12.7. The average Bonchev–Trinajstić information content (AvgIpc) is 3.09. The molecule has 2 rings (SSSR count). The fraction of sp³-hybridized carbons (Fsp3) is 0.200. The number of nitrogens with zero attached hydrogens (tertiary/aromatic N) is 3. The first kappa shape index (κ1) is 16.0. The summed E-state index contributed by atoms with van der Waals surface area (Å²) < 4.78 is 5.09. The number of nitriles is 1. The number of benzene rings is 1. The molecule has 1 atom stereocenters. The van der Waals surface area contributed by atoms with Gasteiger partial charge in [-0.05, 0) is 24.6 Å². The van der Waals surface area contributed by atoms with Gasteiger partial charge in [0.2, 0.25) is 5.95 Å². The van der Waals surface area contributed by atoms with Crippen LogP contribution in [-0.2, 0) is 4.79 Å². The number of carbonyl (C=O) groups is 1. The number of H-pyrrole nitrogens is 1. The van der Waals surface area contributed by atoms with Crippen molar-refractivity contribution in [2.75, 3.05) is 12.4 Å². The van der Waals surface area contributed by atoms with Crippen molar-refractivity contribution in [3.05, 3.63) is 47.9 Å². The molecule has 0 radical (unpaired) electrons. The van der Waals surface area contributed by atoms with Crippen molar-refractivity contribution in [1.82, 2.24) is 20.5 Å². The second-order valence-corrected chi connectivity index (χ2v) is 4.62. The van der Waals surface area contributed by atoms with Crippen LogP contribution >= 0.6 is 0 Å². The number of methoxy groups -OCH3 is 1. The molecule has 8 heteroatoms. The number of carbonyl (C=O) groups excluding carboxylic acids is 1. The number of nitrogens with one attached hydrogen (secondary N) is 3. The lowest BCUT2D eigenvalue weighted by atomic mass is 10.1. The predicted molar refractivity (Wildman–Crippen MR) is 83.3 cm³/mol. The van der Waals surface area contributed by atoms with E-state index in [-0.39, 0.29) is 11.6 Å². The average molecular weight is 312 g/mol. The highest BCUT2D eigenvalue weighted by Gasteiger charge is 2.14. The Balaban J connectivity index is 2.00. The molecule has 0 aliphatic carbocycles. The van der Waals surface area contributed by atoms with Crippen LogP contribution in [0.4, 0.5) is 5.95 Å². The van der Waals surface area contributed by atoms with Crippen molar-refractivity contribution >= 4 is 11.9 Å². The van der Waals surface area contributed by atoms with Gasteiger partial charge in [0, 0.05) is 6.20 Å². The summed E-state index contributed by atoms with van der Waals surface area (Å²) in [6, 6.07) is 8.92. The van der Waals surface area contributed by atoms with Crippen molar-refractivity contribution < 1.29 is 9.53 Å². The highest BCUT2D eigenvalue weighted by atomic mass is 16.5. The number of rotatable bonds is 6. The highest BCUT2D eigenvalue weighted by Crippen LogP contribution is 2.17.